The maximum Gasteiger partial charge on any atom is 0.111 e. The molecule has 0 aliphatic carbocycles. The minimum absolute atomic E-state index is 0.169. The van der Waals surface area contributed by atoms with E-state index in [1.165, 1.54) is 13.8 Å². The Balaban J connectivity index is 3.55. The van der Waals surface area contributed by atoms with Crippen LogP contribution in [-0.4, -0.2) is 10.7 Å². The lowest BCUT2D eigenvalue weighted by molar-refractivity contribution is 0.228. The van der Waals surface area contributed by atoms with E-state index in [0.717, 1.165) is 0 Å². The number of alkyl halides is 1. The summed E-state index contributed by atoms with van der Waals surface area (Å²) in [6.45, 7) is 2.90. The van der Waals surface area contributed by atoms with Gasteiger partial charge >= 0.3 is 0 Å². The topological polar surface area (TPSA) is 26.0 Å². The van der Waals surface area contributed by atoms with Crippen LogP contribution < -0.4 is 5.73 Å². The Hall–Kier alpha value is -0.180. The number of nitrogens with two attached hydrogens (primary N) is 1. The van der Waals surface area contributed by atoms with E-state index in [9.17, 15) is 4.39 Å². The maximum absolute atomic E-state index is 12.5. The summed E-state index contributed by atoms with van der Waals surface area (Å²) >= 11 is 4.48. The number of hydrogen-bond donors (Lipinski definition) is 1. The molecule has 3 heteroatoms. The van der Waals surface area contributed by atoms with Gasteiger partial charge in [0.15, 0.2) is 0 Å². The van der Waals surface area contributed by atoms with Crippen LogP contribution in [0.15, 0.2) is 0 Å². The van der Waals surface area contributed by atoms with Crippen molar-refractivity contribution in [2.45, 2.75) is 25.9 Å². The summed E-state index contributed by atoms with van der Waals surface area (Å²) in [6.07, 6.45) is 0.169. The van der Waals surface area contributed by atoms with Gasteiger partial charge in [-0.1, -0.05) is 12.2 Å². The molecule has 0 aliphatic heterocycles. The van der Waals surface area contributed by atoms with Gasteiger partial charge in [-0.05, 0) is 13.8 Å². The fourth-order valence-electron chi connectivity index (χ4n) is 0.414. The predicted octanol–water partition coefficient (Wildman–Crippen LogP) is 1.41. The molecule has 0 saturated heterocycles. The van der Waals surface area contributed by atoms with Gasteiger partial charge in [0, 0.05) is 6.42 Å². The van der Waals surface area contributed by atoms with Gasteiger partial charge in [-0.25, -0.2) is 4.39 Å². The van der Waals surface area contributed by atoms with Gasteiger partial charge < -0.3 is 5.73 Å². The van der Waals surface area contributed by atoms with Crippen LogP contribution in [0, 0.1) is 0 Å². The molecule has 2 N–H and O–H groups in total. The third-order valence-corrected chi connectivity index (χ3v) is 0.739. The first-order chi connectivity index (χ1) is 3.42. The molecule has 0 radical (unpaired) electrons. The minimum Gasteiger partial charge on any atom is -0.393 e. The van der Waals surface area contributed by atoms with Crippen LogP contribution in [0.1, 0.15) is 20.3 Å². The van der Waals surface area contributed by atoms with E-state index in [2.05, 4.69) is 12.2 Å². The molecule has 0 aromatic heterocycles. The molecular weight excluding hydrogens is 125 g/mol. The van der Waals surface area contributed by atoms with Crippen molar-refractivity contribution in [3.8, 4) is 0 Å². The molecule has 1 nitrogen and oxygen atoms in total. The standard InChI is InChI=1S/C5H10FNS/c1-5(2,6)3-4(7)8/h3H2,1-2H3,(H2,7,8). The molecule has 0 spiro atoms. The van der Waals surface area contributed by atoms with Crippen LogP contribution in [0.2, 0.25) is 0 Å². The second-order valence-electron chi connectivity index (χ2n) is 2.36. The Morgan fingerprint density at radius 3 is 2.12 bits per heavy atom. The van der Waals surface area contributed by atoms with Gasteiger partial charge in [-0.2, -0.15) is 0 Å². The first-order valence-electron chi connectivity index (χ1n) is 2.39. The minimum atomic E-state index is -1.24. The number of rotatable bonds is 2. The highest BCUT2D eigenvalue weighted by molar-refractivity contribution is 7.80. The van der Waals surface area contributed by atoms with Crippen LogP contribution in [0.5, 0.6) is 0 Å². The second kappa shape index (κ2) is 2.40. The summed E-state index contributed by atoms with van der Waals surface area (Å²) < 4.78 is 12.5. The summed E-state index contributed by atoms with van der Waals surface area (Å²) in [5.41, 5.74) is 3.83. The highest BCUT2D eigenvalue weighted by atomic mass is 32.1. The Bertz CT molecular complexity index is 95.1. The van der Waals surface area contributed by atoms with Crippen molar-refractivity contribution in [3.05, 3.63) is 0 Å². The number of thiocarbonyl (C=S) groups is 1. The van der Waals surface area contributed by atoms with Crippen molar-refractivity contribution in [1.29, 1.82) is 0 Å². The van der Waals surface area contributed by atoms with E-state index in [-0.39, 0.29) is 11.4 Å². The Morgan fingerprint density at radius 1 is 1.75 bits per heavy atom. The fraction of sp³-hybridized carbons (Fsp3) is 0.800. The fourth-order valence-corrected chi connectivity index (χ4v) is 0.758. The van der Waals surface area contributed by atoms with Gasteiger partial charge in [0.1, 0.15) is 5.67 Å². The van der Waals surface area contributed by atoms with E-state index < -0.39 is 5.67 Å². The molecule has 0 saturated carbocycles. The summed E-state index contributed by atoms with van der Waals surface area (Å²) in [5.74, 6) is 0. The molecule has 0 aromatic rings. The quantitative estimate of drug-likeness (QED) is 0.579. The van der Waals surface area contributed by atoms with Crippen molar-refractivity contribution in [2.24, 2.45) is 5.73 Å². The first kappa shape index (κ1) is 7.82. The van der Waals surface area contributed by atoms with Crippen molar-refractivity contribution < 1.29 is 4.39 Å². The van der Waals surface area contributed by atoms with Gasteiger partial charge in [-0.3, -0.25) is 0 Å². The highest BCUT2D eigenvalue weighted by Gasteiger charge is 2.15. The number of hydrogen-bond acceptors (Lipinski definition) is 1. The maximum atomic E-state index is 12.5. The van der Waals surface area contributed by atoms with Crippen molar-refractivity contribution in [2.75, 3.05) is 0 Å². The monoisotopic (exact) mass is 135 g/mol. The van der Waals surface area contributed by atoms with E-state index >= 15 is 0 Å². The summed E-state index contributed by atoms with van der Waals surface area (Å²) in [6, 6.07) is 0. The van der Waals surface area contributed by atoms with Crippen LogP contribution >= 0.6 is 12.2 Å². The molecule has 8 heavy (non-hydrogen) atoms. The second-order valence-corrected chi connectivity index (χ2v) is 2.89. The normalized spacial score (nSPS) is 11.4. The zero-order valence-electron chi connectivity index (χ0n) is 5.07. The molecule has 0 heterocycles. The van der Waals surface area contributed by atoms with Crippen LogP contribution in [0.3, 0.4) is 0 Å². The van der Waals surface area contributed by atoms with Gasteiger partial charge in [0.2, 0.25) is 0 Å². The average Bonchev–Trinajstić information content (AvgIpc) is 1.21. The molecule has 0 amide bonds. The van der Waals surface area contributed by atoms with E-state index in [1.54, 1.807) is 0 Å². The SMILES string of the molecule is CC(C)(F)CC(N)=S. The molecule has 0 aliphatic rings. The molecular formula is C5H10FNS. The largest absolute Gasteiger partial charge is 0.393 e. The van der Waals surface area contributed by atoms with Gasteiger partial charge in [0.05, 0.1) is 4.99 Å². The summed E-state index contributed by atoms with van der Waals surface area (Å²) in [5, 5.41) is 0. The van der Waals surface area contributed by atoms with Crippen LogP contribution in [-0.2, 0) is 0 Å². The number of halogens is 1. The van der Waals surface area contributed by atoms with Gasteiger partial charge in [0.25, 0.3) is 0 Å². The molecule has 0 fully saturated rings. The molecule has 0 unspecified atom stereocenters. The van der Waals surface area contributed by atoms with Crippen molar-refractivity contribution >= 4 is 17.2 Å². The molecule has 0 rings (SSSR count). The zero-order chi connectivity index (χ0) is 6.78. The van der Waals surface area contributed by atoms with Gasteiger partial charge in [-0.15, -0.1) is 0 Å². The summed E-state index contributed by atoms with van der Waals surface area (Å²) in [4.78, 5) is 0.234. The third-order valence-electron chi connectivity index (χ3n) is 0.595. The van der Waals surface area contributed by atoms with Crippen molar-refractivity contribution in [3.63, 3.8) is 0 Å². The van der Waals surface area contributed by atoms with E-state index in [0.29, 0.717) is 0 Å². The lowest BCUT2D eigenvalue weighted by Gasteiger charge is -2.10. The first-order valence-corrected chi connectivity index (χ1v) is 2.80. The lowest BCUT2D eigenvalue weighted by atomic mass is 10.1. The van der Waals surface area contributed by atoms with E-state index in [1.807, 2.05) is 0 Å². The molecule has 0 atom stereocenters. The zero-order valence-corrected chi connectivity index (χ0v) is 5.89. The predicted molar refractivity (Wildman–Crippen MR) is 36.6 cm³/mol. The molecule has 0 aromatic carbocycles. The lowest BCUT2D eigenvalue weighted by Crippen LogP contribution is -2.21. The molecule has 48 valence electrons. The van der Waals surface area contributed by atoms with E-state index in [4.69, 9.17) is 5.73 Å². The Morgan fingerprint density at radius 2 is 2.12 bits per heavy atom. The Labute approximate surface area is 54.1 Å². The highest BCUT2D eigenvalue weighted by Crippen LogP contribution is 2.12. The average molecular weight is 135 g/mol. The summed E-state index contributed by atoms with van der Waals surface area (Å²) in [7, 11) is 0. The third kappa shape index (κ3) is 5.82. The van der Waals surface area contributed by atoms with Crippen molar-refractivity contribution in [1.82, 2.24) is 0 Å². The van der Waals surface area contributed by atoms with Crippen LogP contribution in [0.4, 0.5) is 4.39 Å². The smallest absolute Gasteiger partial charge is 0.111 e. The van der Waals surface area contributed by atoms with Crippen LogP contribution in [0.25, 0.3) is 0 Å². The molecule has 0 bridgehead atoms. The Kier molecular flexibility index (Phi) is 2.34.